The molecule has 0 aromatic carbocycles. The third-order valence-electron chi connectivity index (χ3n) is 3.64. The summed E-state index contributed by atoms with van der Waals surface area (Å²) < 4.78 is 28.2. The molecule has 118 valence electrons. The van der Waals surface area contributed by atoms with E-state index >= 15 is 0 Å². The van der Waals surface area contributed by atoms with E-state index in [4.69, 9.17) is 4.74 Å². The highest BCUT2D eigenvalue weighted by Crippen LogP contribution is 2.20. The van der Waals surface area contributed by atoms with E-state index < -0.39 is 9.84 Å². The monoisotopic (exact) mass is 312 g/mol. The predicted molar refractivity (Wildman–Crippen MR) is 83.1 cm³/mol. The average molecular weight is 312 g/mol. The Morgan fingerprint density at radius 3 is 2.86 bits per heavy atom. The molecule has 2 heterocycles. The summed E-state index contributed by atoms with van der Waals surface area (Å²) in [6, 6.07) is 3.91. The second-order valence-corrected chi connectivity index (χ2v) is 7.96. The molecular formula is C15H24N2O3S. The fourth-order valence-corrected chi connectivity index (χ4v) is 3.98. The van der Waals surface area contributed by atoms with Crippen molar-refractivity contribution in [1.29, 1.82) is 0 Å². The van der Waals surface area contributed by atoms with Crippen LogP contribution in [-0.4, -0.2) is 50.0 Å². The van der Waals surface area contributed by atoms with Crippen LogP contribution in [0.25, 0.3) is 0 Å². The Labute approximate surface area is 127 Å². The Bertz CT molecular complexity index is 543. The van der Waals surface area contributed by atoms with Crippen LogP contribution in [0.15, 0.2) is 18.3 Å². The summed E-state index contributed by atoms with van der Waals surface area (Å²) in [5, 5.41) is 0. The van der Waals surface area contributed by atoms with E-state index in [2.05, 4.69) is 9.88 Å². The molecule has 1 unspecified atom stereocenters. The molecule has 1 aromatic heterocycles. The number of nitrogens with zero attached hydrogens (tertiary/aromatic N) is 2. The Kier molecular flexibility index (Phi) is 5.58. The number of hydrogen-bond acceptors (Lipinski definition) is 5. The highest BCUT2D eigenvalue weighted by Gasteiger charge is 2.23. The number of piperidine rings is 1. The van der Waals surface area contributed by atoms with Crippen molar-refractivity contribution < 1.29 is 13.2 Å². The summed E-state index contributed by atoms with van der Waals surface area (Å²) in [6.07, 6.45) is 5.23. The van der Waals surface area contributed by atoms with Gasteiger partial charge < -0.3 is 4.74 Å². The molecule has 0 spiro atoms. The lowest BCUT2D eigenvalue weighted by molar-refractivity contribution is 0.177. The molecule has 0 radical (unpaired) electrons. The molecule has 21 heavy (non-hydrogen) atoms. The van der Waals surface area contributed by atoms with Crippen LogP contribution in [0.2, 0.25) is 0 Å². The summed E-state index contributed by atoms with van der Waals surface area (Å²) >= 11 is 0. The molecule has 0 aliphatic carbocycles. The summed E-state index contributed by atoms with van der Waals surface area (Å²) in [7, 11) is -2.89. The third kappa shape index (κ3) is 5.63. The first-order valence-corrected chi connectivity index (χ1v) is 9.50. The summed E-state index contributed by atoms with van der Waals surface area (Å²) in [4.78, 5) is 6.58. The van der Waals surface area contributed by atoms with Crippen LogP contribution in [-0.2, 0) is 16.4 Å². The van der Waals surface area contributed by atoms with Crippen LogP contribution in [0.5, 0.6) is 5.88 Å². The maximum absolute atomic E-state index is 11.4. The van der Waals surface area contributed by atoms with Gasteiger partial charge in [0.25, 0.3) is 0 Å². The van der Waals surface area contributed by atoms with Gasteiger partial charge in [0.2, 0.25) is 5.88 Å². The lowest BCUT2D eigenvalue weighted by Crippen LogP contribution is -2.37. The molecule has 1 fully saturated rings. The first-order chi connectivity index (χ1) is 9.96. The van der Waals surface area contributed by atoms with Crippen molar-refractivity contribution in [2.24, 2.45) is 5.92 Å². The van der Waals surface area contributed by atoms with Gasteiger partial charge in [-0.25, -0.2) is 13.4 Å². The van der Waals surface area contributed by atoms with Crippen LogP contribution in [0.1, 0.15) is 25.3 Å². The Morgan fingerprint density at radius 2 is 2.24 bits per heavy atom. The zero-order valence-corrected chi connectivity index (χ0v) is 13.6. The molecule has 1 aromatic rings. The number of hydrogen-bond donors (Lipinski definition) is 0. The fourth-order valence-electron chi connectivity index (χ4n) is 2.86. The maximum Gasteiger partial charge on any atom is 0.213 e. The van der Waals surface area contributed by atoms with E-state index in [0.717, 1.165) is 38.0 Å². The van der Waals surface area contributed by atoms with Crippen molar-refractivity contribution in [3.8, 4) is 5.88 Å². The summed E-state index contributed by atoms with van der Waals surface area (Å²) in [5.41, 5.74) is 1.14. The fraction of sp³-hybridized carbons (Fsp3) is 0.667. The molecule has 6 heteroatoms. The number of pyridine rings is 1. The van der Waals surface area contributed by atoms with Gasteiger partial charge in [0.15, 0.2) is 0 Å². The van der Waals surface area contributed by atoms with Crippen molar-refractivity contribution in [2.75, 3.05) is 31.7 Å². The normalized spacial score (nSPS) is 20.4. The number of aromatic nitrogens is 1. The van der Waals surface area contributed by atoms with E-state index in [0.29, 0.717) is 18.2 Å². The van der Waals surface area contributed by atoms with E-state index in [1.807, 2.05) is 25.3 Å². The van der Waals surface area contributed by atoms with E-state index in [9.17, 15) is 8.42 Å². The number of sulfone groups is 1. The minimum absolute atomic E-state index is 0.254. The first kappa shape index (κ1) is 16.2. The van der Waals surface area contributed by atoms with Crippen molar-refractivity contribution >= 4 is 9.84 Å². The third-order valence-corrected chi connectivity index (χ3v) is 4.71. The molecule has 0 N–H and O–H groups in total. The predicted octanol–water partition coefficient (Wildman–Crippen LogP) is 1.74. The number of likely N-dealkylation sites (tertiary alicyclic amines) is 1. The van der Waals surface area contributed by atoms with Gasteiger partial charge in [-0.05, 0) is 37.8 Å². The largest absolute Gasteiger partial charge is 0.478 e. The standard InChI is InChI=1S/C15H24N2O3S/c1-3-20-15-7-6-13(9-16-15)10-17-8-4-5-14(11-17)12-21(2,18)19/h6-7,9,14H,3-5,8,10-12H2,1-2H3. The van der Waals surface area contributed by atoms with Gasteiger partial charge in [0, 0.05) is 31.6 Å². The van der Waals surface area contributed by atoms with Gasteiger partial charge in [-0.1, -0.05) is 6.07 Å². The molecule has 1 aliphatic rings. The average Bonchev–Trinajstić information content (AvgIpc) is 2.40. The van der Waals surface area contributed by atoms with Gasteiger partial charge in [0.05, 0.1) is 12.4 Å². The molecule has 1 atom stereocenters. The van der Waals surface area contributed by atoms with Crippen molar-refractivity contribution in [3.63, 3.8) is 0 Å². The number of ether oxygens (including phenoxy) is 1. The lowest BCUT2D eigenvalue weighted by Gasteiger charge is -2.32. The quantitative estimate of drug-likeness (QED) is 0.801. The minimum atomic E-state index is -2.89. The molecule has 0 amide bonds. The Hall–Kier alpha value is -1.14. The topological polar surface area (TPSA) is 59.5 Å². The molecule has 1 aliphatic heterocycles. The second kappa shape index (κ2) is 7.22. The van der Waals surface area contributed by atoms with Gasteiger partial charge in [-0.2, -0.15) is 0 Å². The van der Waals surface area contributed by atoms with E-state index in [-0.39, 0.29) is 5.92 Å². The molecule has 0 bridgehead atoms. The number of rotatable bonds is 6. The molecular weight excluding hydrogens is 288 g/mol. The van der Waals surface area contributed by atoms with E-state index in [1.54, 1.807) is 0 Å². The second-order valence-electron chi connectivity index (χ2n) is 5.77. The minimum Gasteiger partial charge on any atom is -0.478 e. The zero-order valence-electron chi connectivity index (χ0n) is 12.8. The maximum atomic E-state index is 11.4. The smallest absolute Gasteiger partial charge is 0.213 e. The highest BCUT2D eigenvalue weighted by atomic mass is 32.2. The summed E-state index contributed by atoms with van der Waals surface area (Å²) in [6.45, 7) is 5.24. The van der Waals surface area contributed by atoms with Crippen LogP contribution in [0.4, 0.5) is 0 Å². The van der Waals surface area contributed by atoms with Crippen molar-refractivity contribution in [2.45, 2.75) is 26.3 Å². The molecule has 1 saturated heterocycles. The van der Waals surface area contributed by atoms with Crippen molar-refractivity contribution in [1.82, 2.24) is 9.88 Å². The summed E-state index contributed by atoms with van der Waals surface area (Å²) in [5.74, 6) is 1.20. The van der Waals surface area contributed by atoms with Gasteiger partial charge in [0.1, 0.15) is 9.84 Å². The Balaban J connectivity index is 1.90. The van der Waals surface area contributed by atoms with E-state index in [1.165, 1.54) is 6.26 Å². The van der Waals surface area contributed by atoms with Crippen LogP contribution >= 0.6 is 0 Å². The van der Waals surface area contributed by atoms with Gasteiger partial charge >= 0.3 is 0 Å². The zero-order chi connectivity index (χ0) is 15.3. The van der Waals surface area contributed by atoms with Crippen LogP contribution in [0.3, 0.4) is 0 Å². The van der Waals surface area contributed by atoms with Gasteiger partial charge in [-0.3, -0.25) is 4.90 Å². The lowest BCUT2D eigenvalue weighted by atomic mass is 10.00. The molecule has 2 rings (SSSR count). The SMILES string of the molecule is CCOc1ccc(CN2CCCC(CS(C)(=O)=O)C2)cn1. The molecule has 0 saturated carbocycles. The van der Waals surface area contributed by atoms with Gasteiger partial charge in [-0.15, -0.1) is 0 Å². The van der Waals surface area contributed by atoms with Crippen LogP contribution < -0.4 is 4.74 Å². The van der Waals surface area contributed by atoms with Crippen molar-refractivity contribution in [3.05, 3.63) is 23.9 Å². The molecule has 5 nitrogen and oxygen atoms in total. The first-order valence-electron chi connectivity index (χ1n) is 7.44. The van der Waals surface area contributed by atoms with Crippen LogP contribution in [0, 0.1) is 5.92 Å². The highest BCUT2D eigenvalue weighted by molar-refractivity contribution is 7.90. The Morgan fingerprint density at radius 1 is 1.43 bits per heavy atom.